The van der Waals surface area contributed by atoms with E-state index < -0.39 is 11.4 Å². The molecule has 0 saturated carbocycles. The predicted molar refractivity (Wildman–Crippen MR) is 35.0 cm³/mol. The molecular weight excluding hydrogens is 192 g/mol. The highest BCUT2D eigenvalue weighted by Gasteiger charge is 1.20. The van der Waals surface area contributed by atoms with Crippen LogP contribution in [0, 0.1) is 0 Å². The summed E-state index contributed by atoms with van der Waals surface area (Å²) in [5, 5.41) is 0. The predicted octanol–water partition coefficient (Wildman–Crippen LogP) is -6.78. The summed E-state index contributed by atoms with van der Waals surface area (Å²) in [7, 11) is 0. The van der Waals surface area contributed by atoms with Gasteiger partial charge in [-0.25, -0.2) is 0 Å². The van der Waals surface area contributed by atoms with Gasteiger partial charge in [-0.05, 0) is 0 Å². The third kappa shape index (κ3) is 13500. The van der Waals surface area contributed by atoms with Gasteiger partial charge in [0.1, 0.15) is 0 Å². The molecule has 11 heteroatoms. The van der Waals surface area contributed by atoms with Gasteiger partial charge in [0.05, 0.1) is 0 Å². The average Bonchev–Trinajstić information content (AvgIpc) is 0.811. The fourth-order valence-electron chi connectivity index (χ4n) is 0. The molecule has 14 N–H and O–H groups in total. The van der Waals surface area contributed by atoms with Crippen LogP contribution >= 0.6 is 0 Å². The summed E-state index contributed by atoms with van der Waals surface area (Å²) >= 11 is -3.11. The second-order valence-corrected chi connectivity index (χ2v) is 0.612. The molecule has 0 aliphatic carbocycles. The van der Waals surface area contributed by atoms with Crippen molar-refractivity contribution in [1.82, 2.24) is 0 Å². The lowest BCUT2D eigenvalue weighted by Gasteiger charge is -2.03. The molecule has 0 unspecified atom stereocenters. The lowest BCUT2D eigenvalue weighted by atomic mass is 15.8. The molecule has 0 heterocycles. The molecule has 10 nitrogen and oxygen atoms in total. The molecule has 0 amide bonds. The summed E-state index contributed by atoms with van der Waals surface area (Å²) in [4.78, 5) is 0. The van der Waals surface area contributed by atoms with E-state index in [-0.39, 0.29) is 38.3 Å². The van der Waals surface area contributed by atoms with E-state index in [4.69, 9.17) is 13.3 Å². The highest BCUT2D eigenvalue weighted by Crippen LogP contribution is 1.42. The fraction of sp³-hybridized carbons (Fsp3) is 0. The Labute approximate surface area is 64.1 Å². The highest BCUT2D eigenvalue weighted by molar-refractivity contribution is 7.72. The van der Waals surface area contributed by atoms with Crippen LogP contribution in [0.2, 0.25) is 0 Å². The molecular formula is H14O10S-2. The van der Waals surface area contributed by atoms with E-state index in [2.05, 4.69) is 0 Å². The van der Waals surface area contributed by atoms with Crippen molar-refractivity contribution in [2.45, 2.75) is 0 Å². The van der Waals surface area contributed by atoms with Crippen molar-refractivity contribution in [2.75, 3.05) is 0 Å². The summed E-state index contributed by atoms with van der Waals surface area (Å²) in [6, 6.07) is 0. The van der Waals surface area contributed by atoms with Gasteiger partial charge in [-0.2, -0.15) is 0 Å². The van der Waals surface area contributed by atoms with Crippen molar-refractivity contribution in [1.29, 1.82) is 0 Å². The Bertz CT molecular complexity index is 27.9. The number of rotatable bonds is 0. The van der Waals surface area contributed by atoms with Crippen LogP contribution in [0.4, 0.5) is 0 Å². The lowest BCUT2D eigenvalue weighted by Crippen LogP contribution is -1.76. The maximum Gasteiger partial charge on any atom is -0.142 e. The first-order chi connectivity index (χ1) is 1.73. The number of hydrogen-bond donors (Lipinski definition) is 0. The van der Waals surface area contributed by atoms with Crippen LogP contribution in [0.3, 0.4) is 0 Å². The summed E-state index contributed by atoms with van der Waals surface area (Å²) in [5.74, 6) is 0. The Morgan fingerprint density at radius 3 is 0.636 bits per heavy atom. The van der Waals surface area contributed by atoms with Crippen molar-refractivity contribution >= 4 is 11.4 Å². The quantitative estimate of drug-likeness (QED) is 0.349. The Balaban J connectivity index is -0.00000000214. The van der Waals surface area contributed by atoms with Gasteiger partial charge < -0.3 is 47.4 Å². The molecule has 0 rings (SSSR count). The van der Waals surface area contributed by atoms with Crippen molar-refractivity contribution in [3.63, 3.8) is 0 Å². The molecule has 0 atom stereocenters. The summed E-state index contributed by atoms with van der Waals surface area (Å²) < 4.78 is 25.3. The maximum atomic E-state index is 8.44. The van der Waals surface area contributed by atoms with Gasteiger partial charge in [0.25, 0.3) is 0 Å². The van der Waals surface area contributed by atoms with Crippen molar-refractivity contribution in [3.8, 4) is 0 Å². The minimum absolute atomic E-state index is 0. The molecule has 0 radical (unpaired) electrons. The Kier molecular flexibility index (Phi) is 1170. The first-order valence-corrected chi connectivity index (χ1v) is 1.50. The highest BCUT2D eigenvalue weighted by atomic mass is 32.2. The molecule has 0 fully saturated rings. The topological polar surface area (TPSA) is 284 Å². The second-order valence-electron chi connectivity index (χ2n) is 0.204. The Hall–Kier alpha value is -0.210. The van der Waals surface area contributed by atoms with E-state index in [0.29, 0.717) is 0 Å². The van der Waals surface area contributed by atoms with Gasteiger partial charge >= 0.3 is 0 Å². The fourth-order valence-corrected chi connectivity index (χ4v) is 0. The third-order valence-electron chi connectivity index (χ3n) is 0. The zero-order valence-corrected chi connectivity index (χ0v) is 5.95. The van der Waals surface area contributed by atoms with Crippen LogP contribution in [0.25, 0.3) is 0 Å². The van der Waals surface area contributed by atoms with Gasteiger partial charge in [0.2, 0.25) is 0 Å². The average molecular weight is 206 g/mol. The molecule has 0 spiro atoms. The monoisotopic (exact) mass is 206 g/mol. The molecule has 0 saturated heterocycles. The summed E-state index contributed by atoms with van der Waals surface area (Å²) in [5.41, 5.74) is 0. The van der Waals surface area contributed by atoms with Crippen LogP contribution in [0.1, 0.15) is 0 Å². The van der Waals surface area contributed by atoms with Gasteiger partial charge in [0.15, 0.2) is 0 Å². The van der Waals surface area contributed by atoms with Crippen molar-refractivity contribution in [2.24, 2.45) is 0 Å². The molecule has 0 aromatic carbocycles. The minimum atomic E-state index is -3.11. The normalized spacial score (nSPS) is 3.18. The van der Waals surface area contributed by atoms with E-state index >= 15 is 0 Å². The minimum Gasteiger partial charge on any atom is -0.784 e. The molecule has 0 aliphatic rings. The first-order valence-electron chi connectivity index (χ1n) is 0.500. The van der Waals surface area contributed by atoms with Crippen LogP contribution < -0.4 is 0 Å². The molecule has 0 aromatic heterocycles. The van der Waals surface area contributed by atoms with E-state index in [1.807, 2.05) is 0 Å². The van der Waals surface area contributed by atoms with Gasteiger partial charge in [-0.3, -0.25) is 4.21 Å². The van der Waals surface area contributed by atoms with Gasteiger partial charge in [0, 0.05) is 0 Å². The van der Waals surface area contributed by atoms with Gasteiger partial charge in [-0.15, -0.1) is 11.4 Å². The SMILES string of the molecule is O.O.O.O.O.O.O.O=S([O-])[O-]. The van der Waals surface area contributed by atoms with E-state index in [1.54, 1.807) is 0 Å². The van der Waals surface area contributed by atoms with Crippen LogP contribution in [0.5, 0.6) is 0 Å². The largest absolute Gasteiger partial charge is 0.784 e. The maximum absolute atomic E-state index is 8.44. The second kappa shape index (κ2) is 97.2. The first kappa shape index (κ1) is 133. The zero-order valence-electron chi connectivity index (χ0n) is 5.13. The van der Waals surface area contributed by atoms with Crippen LogP contribution in [0.15, 0.2) is 0 Å². The zero-order chi connectivity index (χ0) is 3.58. The Morgan fingerprint density at radius 2 is 0.636 bits per heavy atom. The van der Waals surface area contributed by atoms with Crippen LogP contribution in [-0.4, -0.2) is 51.6 Å². The smallest absolute Gasteiger partial charge is 0.142 e. The lowest BCUT2D eigenvalue weighted by molar-refractivity contribution is 0.419. The number of hydrogen-bond acceptors (Lipinski definition) is 3. The molecule has 0 aliphatic heterocycles. The molecule has 11 heavy (non-hydrogen) atoms. The summed E-state index contributed by atoms with van der Waals surface area (Å²) in [6.07, 6.45) is 0. The Morgan fingerprint density at radius 1 is 0.636 bits per heavy atom. The van der Waals surface area contributed by atoms with E-state index in [9.17, 15) is 0 Å². The third-order valence-corrected chi connectivity index (χ3v) is 0. The summed E-state index contributed by atoms with van der Waals surface area (Å²) in [6.45, 7) is 0. The van der Waals surface area contributed by atoms with E-state index in [1.165, 1.54) is 0 Å². The van der Waals surface area contributed by atoms with Gasteiger partial charge in [-0.1, -0.05) is 0 Å². The van der Waals surface area contributed by atoms with E-state index in [0.717, 1.165) is 0 Å². The standard InChI is InChI=1S/H2O3S.7H2O/c1-4(2)3;;;;;;;/h(H2,1,2,3);7*1H2/p-2. The molecule has 0 aromatic rings. The molecule has 0 bridgehead atoms. The van der Waals surface area contributed by atoms with Crippen molar-refractivity contribution < 1.29 is 51.6 Å². The van der Waals surface area contributed by atoms with Crippen LogP contribution in [-0.2, 0) is 11.4 Å². The van der Waals surface area contributed by atoms with Crippen molar-refractivity contribution in [3.05, 3.63) is 0 Å². The molecule has 82 valence electrons.